The van der Waals surface area contributed by atoms with Crippen molar-refractivity contribution in [2.75, 3.05) is 5.32 Å². The van der Waals surface area contributed by atoms with Gasteiger partial charge >= 0.3 is 0 Å². The molecule has 0 aromatic heterocycles. The number of benzene rings is 3. The molecular weight excluding hydrogens is 437 g/mol. The summed E-state index contributed by atoms with van der Waals surface area (Å²) in [5, 5.41) is 3.05. The highest BCUT2D eigenvalue weighted by Gasteiger charge is 2.12. The van der Waals surface area contributed by atoms with Crippen LogP contribution in [-0.2, 0) is 0 Å². The predicted molar refractivity (Wildman–Crippen MR) is 113 cm³/mol. The molecule has 0 aliphatic carbocycles. The fraction of sp³-hybridized carbons (Fsp3) is 0. The quantitative estimate of drug-likeness (QED) is 0.312. The second-order valence-electron chi connectivity index (χ2n) is 5.59. The summed E-state index contributed by atoms with van der Waals surface area (Å²) < 4.78 is 1.08. The van der Waals surface area contributed by atoms with E-state index in [1.165, 1.54) is 6.08 Å². The van der Waals surface area contributed by atoms with Crippen molar-refractivity contribution in [1.82, 2.24) is 0 Å². The number of rotatable bonds is 6. The first-order valence-corrected chi connectivity index (χ1v) is 9.15. The molecule has 128 valence electrons. The molecule has 0 amide bonds. The maximum Gasteiger partial charge on any atom is 0.195 e. The van der Waals surface area contributed by atoms with Gasteiger partial charge in [-0.05, 0) is 46.9 Å². The number of carbonyl (C=O) groups is 2. The molecule has 26 heavy (non-hydrogen) atoms. The topological polar surface area (TPSA) is 46.2 Å². The Morgan fingerprint density at radius 2 is 1.42 bits per heavy atom. The van der Waals surface area contributed by atoms with E-state index >= 15 is 0 Å². The highest BCUT2D eigenvalue weighted by molar-refractivity contribution is 14.1. The lowest BCUT2D eigenvalue weighted by Gasteiger charge is -2.08. The van der Waals surface area contributed by atoms with Crippen molar-refractivity contribution in [2.24, 2.45) is 0 Å². The van der Waals surface area contributed by atoms with Crippen LogP contribution < -0.4 is 5.32 Å². The van der Waals surface area contributed by atoms with Crippen LogP contribution in [0.1, 0.15) is 26.3 Å². The van der Waals surface area contributed by atoms with Gasteiger partial charge in [0.2, 0.25) is 0 Å². The molecule has 3 rings (SSSR count). The molecule has 0 spiro atoms. The van der Waals surface area contributed by atoms with Crippen LogP contribution >= 0.6 is 22.6 Å². The van der Waals surface area contributed by atoms with E-state index in [-0.39, 0.29) is 11.6 Å². The number of halogens is 1. The SMILES string of the molecule is O=C(C=CNc1ccccc1C(=O)c1ccccc1)c1ccc(I)cc1. The molecule has 0 fully saturated rings. The number of nitrogens with one attached hydrogen (secondary N) is 1. The minimum absolute atomic E-state index is 0.0638. The lowest BCUT2D eigenvalue weighted by Crippen LogP contribution is -2.05. The van der Waals surface area contributed by atoms with Crippen LogP contribution in [0.4, 0.5) is 5.69 Å². The third-order valence-electron chi connectivity index (χ3n) is 3.81. The second kappa shape index (κ2) is 8.58. The number of allylic oxidation sites excluding steroid dienone is 1. The van der Waals surface area contributed by atoms with Gasteiger partial charge in [-0.1, -0.05) is 54.6 Å². The number of ketones is 2. The minimum atomic E-state index is -0.0965. The molecule has 3 aromatic carbocycles. The summed E-state index contributed by atoms with van der Waals surface area (Å²) in [5.74, 6) is -0.160. The molecular formula is C22H16INO2. The lowest BCUT2D eigenvalue weighted by molar-refractivity contribution is 0.103. The first-order chi connectivity index (χ1) is 12.6. The van der Waals surface area contributed by atoms with E-state index in [4.69, 9.17) is 0 Å². The highest BCUT2D eigenvalue weighted by atomic mass is 127. The Kier molecular flexibility index (Phi) is 5.96. The van der Waals surface area contributed by atoms with Gasteiger partial charge in [-0.2, -0.15) is 0 Å². The minimum Gasteiger partial charge on any atom is -0.361 e. The molecule has 3 aromatic rings. The molecule has 0 radical (unpaired) electrons. The van der Waals surface area contributed by atoms with Gasteiger partial charge in [0.25, 0.3) is 0 Å². The van der Waals surface area contributed by atoms with Crippen molar-refractivity contribution in [1.29, 1.82) is 0 Å². The third kappa shape index (κ3) is 4.46. The van der Waals surface area contributed by atoms with Crippen molar-refractivity contribution < 1.29 is 9.59 Å². The summed E-state index contributed by atoms with van der Waals surface area (Å²) in [7, 11) is 0. The smallest absolute Gasteiger partial charge is 0.195 e. The fourth-order valence-electron chi connectivity index (χ4n) is 2.47. The molecule has 0 heterocycles. The Hall–Kier alpha value is -2.73. The van der Waals surface area contributed by atoms with Crippen molar-refractivity contribution in [3.8, 4) is 0 Å². The Morgan fingerprint density at radius 1 is 0.769 bits per heavy atom. The van der Waals surface area contributed by atoms with Crippen LogP contribution in [0.25, 0.3) is 0 Å². The zero-order valence-electron chi connectivity index (χ0n) is 13.9. The van der Waals surface area contributed by atoms with Gasteiger partial charge in [-0.3, -0.25) is 9.59 Å². The lowest BCUT2D eigenvalue weighted by atomic mass is 10.0. The number of hydrogen-bond donors (Lipinski definition) is 1. The summed E-state index contributed by atoms with van der Waals surface area (Å²) in [6, 6.07) is 23.7. The summed E-state index contributed by atoms with van der Waals surface area (Å²) in [6.07, 6.45) is 3.03. The van der Waals surface area contributed by atoms with E-state index in [0.29, 0.717) is 22.4 Å². The fourth-order valence-corrected chi connectivity index (χ4v) is 2.83. The summed E-state index contributed by atoms with van der Waals surface area (Å²) in [6.45, 7) is 0. The van der Waals surface area contributed by atoms with Crippen LogP contribution in [0.3, 0.4) is 0 Å². The van der Waals surface area contributed by atoms with Gasteiger partial charge in [0.05, 0.1) is 0 Å². The van der Waals surface area contributed by atoms with Crippen LogP contribution in [0.5, 0.6) is 0 Å². The average Bonchev–Trinajstić information content (AvgIpc) is 2.69. The van der Waals surface area contributed by atoms with E-state index < -0.39 is 0 Å². The Balaban J connectivity index is 1.75. The molecule has 0 saturated carbocycles. The first-order valence-electron chi connectivity index (χ1n) is 8.07. The van der Waals surface area contributed by atoms with Gasteiger partial charge in [-0.25, -0.2) is 0 Å². The molecule has 0 atom stereocenters. The number of anilines is 1. The summed E-state index contributed by atoms with van der Waals surface area (Å²) >= 11 is 2.20. The van der Waals surface area contributed by atoms with Crippen LogP contribution in [0, 0.1) is 3.57 Å². The van der Waals surface area contributed by atoms with Gasteiger partial charge in [0.15, 0.2) is 11.6 Å². The van der Waals surface area contributed by atoms with Crippen LogP contribution in [0.15, 0.2) is 91.1 Å². The summed E-state index contributed by atoms with van der Waals surface area (Å²) in [5.41, 5.74) is 2.47. The molecule has 0 unspecified atom stereocenters. The van der Waals surface area contributed by atoms with Gasteiger partial charge in [-0.15, -0.1) is 0 Å². The standard InChI is InChI=1S/C22H16INO2/c23-18-12-10-16(11-13-18)21(25)14-15-24-20-9-5-4-8-19(20)22(26)17-6-2-1-3-7-17/h1-15,24H. The number of carbonyl (C=O) groups excluding carboxylic acids is 2. The average molecular weight is 453 g/mol. The summed E-state index contributed by atoms with van der Waals surface area (Å²) in [4.78, 5) is 24.9. The van der Waals surface area contributed by atoms with E-state index in [9.17, 15) is 9.59 Å². The van der Waals surface area contributed by atoms with Gasteiger partial charge < -0.3 is 5.32 Å². The zero-order valence-corrected chi connectivity index (χ0v) is 16.0. The second-order valence-corrected chi connectivity index (χ2v) is 6.84. The molecule has 3 nitrogen and oxygen atoms in total. The van der Waals surface area contributed by atoms with E-state index in [1.807, 2.05) is 48.5 Å². The maximum absolute atomic E-state index is 12.7. The maximum atomic E-state index is 12.7. The van der Waals surface area contributed by atoms with Gasteiger partial charge in [0, 0.05) is 38.2 Å². The molecule has 1 N–H and O–H groups in total. The zero-order chi connectivity index (χ0) is 18.4. The largest absolute Gasteiger partial charge is 0.361 e. The molecule has 4 heteroatoms. The van der Waals surface area contributed by atoms with E-state index in [1.54, 1.807) is 36.5 Å². The number of hydrogen-bond acceptors (Lipinski definition) is 3. The number of para-hydroxylation sites is 1. The molecule has 0 bridgehead atoms. The van der Waals surface area contributed by atoms with Gasteiger partial charge in [0.1, 0.15) is 0 Å². The van der Waals surface area contributed by atoms with Crippen molar-refractivity contribution in [3.05, 3.63) is 111 Å². The first kappa shape index (κ1) is 18.1. The Morgan fingerprint density at radius 3 is 2.15 bits per heavy atom. The Labute approximate surface area is 165 Å². The monoisotopic (exact) mass is 453 g/mol. The predicted octanol–water partition coefficient (Wildman–Crippen LogP) is 5.33. The molecule has 0 aliphatic heterocycles. The van der Waals surface area contributed by atoms with Crippen LogP contribution in [-0.4, -0.2) is 11.6 Å². The Bertz CT molecular complexity index is 947. The van der Waals surface area contributed by atoms with E-state index in [0.717, 1.165) is 3.57 Å². The van der Waals surface area contributed by atoms with E-state index in [2.05, 4.69) is 27.9 Å². The van der Waals surface area contributed by atoms with Crippen LogP contribution in [0.2, 0.25) is 0 Å². The van der Waals surface area contributed by atoms with Crippen molar-refractivity contribution in [3.63, 3.8) is 0 Å². The molecule has 0 saturated heterocycles. The third-order valence-corrected chi connectivity index (χ3v) is 4.53. The highest BCUT2D eigenvalue weighted by Crippen LogP contribution is 2.19. The van der Waals surface area contributed by atoms with Crippen molar-refractivity contribution >= 4 is 39.8 Å². The molecule has 0 aliphatic rings. The van der Waals surface area contributed by atoms with Crippen molar-refractivity contribution in [2.45, 2.75) is 0 Å². The normalized spacial score (nSPS) is 10.7.